The Labute approximate surface area is 295 Å². The van der Waals surface area contributed by atoms with E-state index in [0.717, 1.165) is 0 Å². The summed E-state index contributed by atoms with van der Waals surface area (Å²) in [6, 6.07) is -5.67. The van der Waals surface area contributed by atoms with Gasteiger partial charge in [0.15, 0.2) is 0 Å². The number of thioether (sulfide) groups is 1. The first-order valence-electron chi connectivity index (χ1n) is 13.7. The Kier molecular flexibility index (Phi) is 34.0. The Bertz CT molecular complexity index is 1020. The fourth-order valence-electron chi connectivity index (χ4n) is 2.11. The lowest BCUT2D eigenvalue weighted by molar-refractivity contribution is -0.140. The van der Waals surface area contributed by atoms with Crippen LogP contribution in [0, 0.1) is 0 Å². The molecule has 0 aromatic rings. The second-order valence-electron chi connectivity index (χ2n) is 9.23. The molecule has 0 spiro atoms. The van der Waals surface area contributed by atoms with E-state index in [1.165, 1.54) is 11.8 Å². The maximum Gasteiger partial charge on any atom is 0.322 e. The van der Waals surface area contributed by atoms with Crippen molar-refractivity contribution >= 4 is 84.6 Å². The molecule has 0 heterocycles. The molecule has 6 atom stereocenters. The van der Waals surface area contributed by atoms with Crippen LogP contribution in [-0.4, -0.2) is 156 Å². The van der Waals surface area contributed by atoms with Crippen molar-refractivity contribution in [1.82, 2.24) is 10.6 Å². The Hall–Kier alpha value is -3.43. The summed E-state index contributed by atoms with van der Waals surface area (Å²) in [6.45, 7) is -0.740. The third-order valence-electron chi connectivity index (χ3n) is 5.02. The van der Waals surface area contributed by atoms with E-state index < -0.39 is 90.4 Å². The van der Waals surface area contributed by atoms with Gasteiger partial charge in [-0.2, -0.15) is 37.0 Å². The molecule has 0 aliphatic carbocycles. The van der Waals surface area contributed by atoms with Crippen LogP contribution in [0.25, 0.3) is 0 Å². The normalized spacial score (nSPS) is 13.6. The van der Waals surface area contributed by atoms with Crippen LogP contribution in [0.3, 0.4) is 0 Å². The van der Waals surface area contributed by atoms with Crippen molar-refractivity contribution < 1.29 is 74.1 Å². The minimum Gasteiger partial charge on any atom is -0.480 e. The molecular weight excluding hydrogens is 722 g/mol. The molecule has 0 saturated heterocycles. The van der Waals surface area contributed by atoms with Gasteiger partial charge in [0.05, 0.1) is 0 Å². The number of amides is 2. The van der Waals surface area contributed by atoms with Crippen LogP contribution in [0.1, 0.15) is 25.7 Å². The molecule has 0 bridgehead atoms. The average Bonchev–Trinajstić information content (AvgIpc) is 3.03. The Morgan fingerprint density at radius 1 is 0.612 bits per heavy atom. The highest BCUT2D eigenvalue weighted by Crippen LogP contribution is 2.05. The SMILES string of the molecule is N[C@@H](CCC(=O)N[C@@H](CS)C(=O)NCC(=O)O)C(=O)O.N[C@@H](CCO)C(=O)O.N[C@@H](CCSC[C@H](N)C(=O)O)C(=O)O.N[C@@H](CS)C(=O)O. The topological polar surface area (TPSA) is 432 Å². The number of carbonyl (C=O) groups excluding carboxylic acids is 2. The monoisotopic (exact) mass is 769 g/mol. The van der Waals surface area contributed by atoms with Crippen LogP contribution in [-0.2, 0) is 38.4 Å². The summed E-state index contributed by atoms with van der Waals surface area (Å²) in [5, 5.41) is 62.4. The van der Waals surface area contributed by atoms with Gasteiger partial charge in [0.1, 0.15) is 42.8 Å². The Balaban J connectivity index is -0.000000302. The zero-order chi connectivity index (χ0) is 39.3. The predicted molar refractivity (Wildman–Crippen MR) is 181 cm³/mol. The van der Waals surface area contributed by atoms with E-state index in [1.807, 2.05) is 0 Å². The fraction of sp³-hybridized carbons (Fsp3) is 0.667. The molecule has 286 valence electrons. The molecule has 0 aromatic carbocycles. The van der Waals surface area contributed by atoms with Crippen molar-refractivity contribution in [3.8, 4) is 0 Å². The van der Waals surface area contributed by atoms with Crippen molar-refractivity contribution in [3.63, 3.8) is 0 Å². The first-order chi connectivity index (χ1) is 22.6. The highest BCUT2D eigenvalue weighted by molar-refractivity contribution is 7.99. The van der Waals surface area contributed by atoms with Gasteiger partial charge in [-0.3, -0.25) is 38.4 Å². The first kappa shape index (κ1) is 52.4. The highest BCUT2D eigenvalue weighted by Gasteiger charge is 2.21. The van der Waals surface area contributed by atoms with Crippen molar-refractivity contribution in [3.05, 3.63) is 0 Å². The number of nitrogens with two attached hydrogens (primary N) is 5. The Morgan fingerprint density at radius 3 is 1.37 bits per heavy atom. The lowest BCUT2D eigenvalue weighted by Gasteiger charge is -2.16. The number of aliphatic carboxylic acids is 6. The number of nitrogens with one attached hydrogen (secondary N) is 2. The molecule has 0 aliphatic heterocycles. The fourth-order valence-corrected chi connectivity index (χ4v) is 3.51. The number of aliphatic hydroxyl groups excluding tert-OH is 1. The van der Waals surface area contributed by atoms with Crippen molar-refractivity contribution in [2.45, 2.75) is 61.9 Å². The molecule has 22 nitrogen and oxygen atoms in total. The molecule has 19 N–H and O–H groups in total. The summed E-state index contributed by atoms with van der Waals surface area (Å²) in [4.78, 5) is 83.9. The van der Waals surface area contributed by atoms with Crippen molar-refractivity contribution in [2.75, 3.05) is 36.2 Å². The van der Waals surface area contributed by atoms with Crippen molar-refractivity contribution in [2.24, 2.45) is 28.7 Å². The molecule has 2 amide bonds. The standard InChI is InChI=1S/C10H17N3O6S.C7H14N2O4S.C4H9NO3.C3H7NO2S/c11-5(10(18)19)1-2-7(14)13-6(4-20)9(17)12-3-8(15)16;8-4(6(10)11)1-2-14-3-5(9)7(12)13;5-3(1-2-6)4(7)8;4-2(1-7)3(5)6/h5-6,20H,1-4,11H2,(H,12,17)(H,13,14)(H,15,16)(H,18,19);4-5H,1-3,8-9H2,(H,10,11)(H,12,13);3,6H,1-2,5H2,(H,7,8);2,7H,1,4H2,(H,5,6)/t5-,6-;4-,5-;3-;2-/m0000/s1. The number of hydrogen-bond donors (Lipinski definition) is 16. The number of rotatable bonds is 21. The predicted octanol–water partition coefficient (Wildman–Crippen LogP) is -5.16. The van der Waals surface area contributed by atoms with Gasteiger partial charge in [-0.25, -0.2) is 0 Å². The lowest BCUT2D eigenvalue weighted by atomic mass is 10.1. The molecule has 0 aromatic heterocycles. The molecule has 49 heavy (non-hydrogen) atoms. The summed E-state index contributed by atoms with van der Waals surface area (Å²) < 4.78 is 0. The van der Waals surface area contributed by atoms with Gasteiger partial charge < -0.3 is 75.0 Å². The van der Waals surface area contributed by atoms with Crippen LogP contribution in [0.2, 0.25) is 0 Å². The first-order valence-corrected chi connectivity index (χ1v) is 16.1. The summed E-state index contributed by atoms with van der Waals surface area (Å²) in [6.07, 6.45) is 0.197. The minimum absolute atomic E-state index is 0.0256. The smallest absolute Gasteiger partial charge is 0.322 e. The van der Waals surface area contributed by atoms with Crippen molar-refractivity contribution in [1.29, 1.82) is 0 Å². The third-order valence-corrected chi connectivity index (χ3v) is 6.90. The maximum atomic E-state index is 11.5. The second kappa shape index (κ2) is 31.8. The molecule has 0 unspecified atom stereocenters. The van der Waals surface area contributed by atoms with Gasteiger partial charge in [0, 0.05) is 30.3 Å². The summed E-state index contributed by atoms with van der Waals surface area (Å²) in [7, 11) is 0. The zero-order valence-electron chi connectivity index (χ0n) is 26.1. The quantitative estimate of drug-likeness (QED) is 0.0383. The van der Waals surface area contributed by atoms with Gasteiger partial charge in [0.2, 0.25) is 11.8 Å². The number of aliphatic hydroxyl groups is 1. The minimum atomic E-state index is -1.22. The molecular formula is C24H47N7O15S3. The molecule has 0 radical (unpaired) electrons. The average molecular weight is 770 g/mol. The van der Waals surface area contributed by atoms with Gasteiger partial charge in [0.25, 0.3) is 0 Å². The summed E-state index contributed by atoms with van der Waals surface area (Å²) >= 11 is 8.81. The van der Waals surface area contributed by atoms with E-state index >= 15 is 0 Å². The maximum absolute atomic E-state index is 11.5. The summed E-state index contributed by atoms with van der Waals surface area (Å²) in [5.74, 6) is -6.93. The van der Waals surface area contributed by atoms with Gasteiger partial charge in [-0.15, -0.1) is 0 Å². The number of thiol groups is 2. The highest BCUT2D eigenvalue weighted by atomic mass is 32.2. The van der Waals surface area contributed by atoms with Gasteiger partial charge >= 0.3 is 35.8 Å². The molecule has 0 saturated carbocycles. The zero-order valence-corrected chi connectivity index (χ0v) is 28.7. The number of carboxylic acid groups (broad SMARTS) is 6. The van der Waals surface area contributed by atoms with Gasteiger partial charge in [-0.1, -0.05) is 0 Å². The van der Waals surface area contributed by atoms with Crippen LogP contribution in [0.5, 0.6) is 0 Å². The molecule has 0 rings (SSSR count). The number of carboxylic acids is 6. The van der Waals surface area contributed by atoms with Crippen LogP contribution in [0.4, 0.5) is 0 Å². The van der Waals surface area contributed by atoms with E-state index in [9.17, 15) is 38.4 Å². The van der Waals surface area contributed by atoms with E-state index in [2.05, 4.69) is 35.9 Å². The number of hydrogen-bond acceptors (Lipinski definition) is 17. The van der Waals surface area contributed by atoms with Gasteiger partial charge in [-0.05, 0) is 25.0 Å². The van der Waals surface area contributed by atoms with E-state index in [1.54, 1.807) is 0 Å². The van der Waals surface area contributed by atoms with Crippen LogP contribution < -0.4 is 39.3 Å². The van der Waals surface area contributed by atoms with Crippen LogP contribution >= 0.6 is 37.0 Å². The van der Waals surface area contributed by atoms with E-state index in [-0.39, 0.29) is 43.1 Å². The molecule has 0 fully saturated rings. The third kappa shape index (κ3) is 34.2. The largest absolute Gasteiger partial charge is 0.480 e. The molecule has 0 aliphatic rings. The molecule has 25 heteroatoms. The van der Waals surface area contributed by atoms with Crippen LogP contribution in [0.15, 0.2) is 0 Å². The van der Waals surface area contributed by atoms with E-state index in [4.69, 9.17) is 64.4 Å². The summed E-state index contributed by atoms with van der Waals surface area (Å²) in [5.41, 5.74) is 25.6. The second-order valence-corrected chi connectivity index (χ2v) is 11.1. The lowest BCUT2D eigenvalue weighted by Crippen LogP contribution is -2.49. The number of carbonyl (C=O) groups is 8. The Morgan fingerprint density at radius 2 is 1.04 bits per heavy atom. The van der Waals surface area contributed by atoms with E-state index in [0.29, 0.717) is 12.2 Å².